The van der Waals surface area contributed by atoms with E-state index in [1.165, 1.54) is 0 Å². The SMILES string of the molecule is CCCOc1ccc(OCCC)c(C=C2C(=O)C3(CS(=O)(=O)O)CCC2C3(C)C)c1. The minimum absolute atomic E-state index is 0.0639. The number of allylic oxidation sites excluding steroid dienone is 1. The number of ether oxygens (including phenoxy) is 2. The van der Waals surface area contributed by atoms with E-state index in [1.807, 2.05) is 52.0 Å². The van der Waals surface area contributed by atoms with E-state index in [1.54, 1.807) is 0 Å². The molecule has 2 bridgehead atoms. The molecule has 1 N–H and O–H groups in total. The van der Waals surface area contributed by atoms with Crippen LogP contribution in [0.5, 0.6) is 11.5 Å². The third-order valence-electron chi connectivity index (χ3n) is 6.69. The fourth-order valence-electron chi connectivity index (χ4n) is 5.05. The number of benzene rings is 1. The smallest absolute Gasteiger partial charge is 0.265 e. The summed E-state index contributed by atoms with van der Waals surface area (Å²) in [5, 5.41) is 0. The van der Waals surface area contributed by atoms with Crippen molar-refractivity contribution in [2.45, 2.75) is 53.4 Å². The van der Waals surface area contributed by atoms with Gasteiger partial charge in [-0.25, -0.2) is 0 Å². The summed E-state index contributed by atoms with van der Waals surface area (Å²) in [5.74, 6) is 0.604. The highest BCUT2D eigenvalue weighted by molar-refractivity contribution is 7.85. The Balaban J connectivity index is 2.05. The van der Waals surface area contributed by atoms with Crippen LogP contribution in [-0.2, 0) is 14.9 Å². The lowest BCUT2D eigenvalue weighted by Gasteiger charge is -2.34. The molecule has 166 valence electrons. The number of rotatable bonds is 9. The minimum atomic E-state index is -4.28. The average Bonchev–Trinajstić information content (AvgIpc) is 2.99. The molecule has 0 amide bonds. The fourth-order valence-corrected chi connectivity index (χ4v) is 6.32. The van der Waals surface area contributed by atoms with Gasteiger partial charge in [-0.3, -0.25) is 9.35 Å². The van der Waals surface area contributed by atoms with Crippen LogP contribution in [-0.4, -0.2) is 37.7 Å². The molecule has 2 fully saturated rings. The summed E-state index contributed by atoms with van der Waals surface area (Å²) in [6.45, 7) is 9.08. The van der Waals surface area contributed by atoms with Crippen molar-refractivity contribution in [2.75, 3.05) is 19.0 Å². The second kappa shape index (κ2) is 8.35. The van der Waals surface area contributed by atoms with E-state index in [0.29, 0.717) is 36.7 Å². The molecule has 3 rings (SSSR count). The normalized spacial score (nSPS) is 26.4. The Kier molecular flexibility index (Phi) is 6.35. The van der Waals surface area contributed by atoms with Crippen LogP contribution in [0.3, 0.4) is 0 Å². The molecule has 2 aliphatic rings. The Morgan fingerprint density at radius 3 is 2.47 bits per heavy atom. The van der Waals surface area contributed by atoms with Gasteiger partial charge in [-0.2, -0.15) is 8.42 Å². The Labute approximate surface area is 179 Å². The highest BCUT2D eigenvalue weighted by Gasteiger charge is 2.67. The molecule has 2 atom stereocenters. The van der Waals surface area contributed by atoms with Crippen molar-refractivity contribution in [1.82, 2.24) is 0 Å². The van der Waals surface area contributed by atoms with Gasteiger partial charge in [0.25, 0.3) is 10.1 Å². The van der Waals surface area contributed by atoms with Crippen LogP contribution in [0, 0.1) is 16.7 Å². The van der Waals surface area contributed by atoms with Crippen LogP contribution in [0.4, 0.5) is 0 Å². The number of ketones is 1. The minimum Gasteiger partial charge on any atom is -0.494 e. The largest absolute Gasteiger partial charge is 0.494 e. The molecule has 0 aliphatic heterocycles. The van der Waals surface area contributed by atoms with E-state index < -0.39 is 26.7 Å². The molecule has 2 saturated carbocycles. The van der Waals surface area contributed by atoms with E-state index in [9.17, 15) is 17.8 Å². The summed E-state index contributed by atoms with van der Waals surface area (Å²) in [4.78, 5) is 13.5. The fraction of sp³-hybridized carbons (Fsp3) is 0.609. The van der Waals surface area contributed by atoms with E-state index in [4.69, 9.17) is 9.47 Å². The third-order valence-corrected chi connectivity index (χ3v) is 7.55. The average molecular weight is 437 g/mol. The van der Waals surface area contributed by atoms with Crippen LogP contribution >= 0.6 is 0 Å². The quantitative estimate of drug-likeness (QED) is 0.451. The molecule has 30 heavy (non-hydrogen) atoms. The topological polar surface area (TPSA) is 89.9 Å². The molecule has 0 heterocycles. The first-order valence-electron chi connectivity index (χ1n) is 10.7. The number of carbonyl (C=O) groups is 1. The van der Waals surface area contributed by atoms with Gasteiger partial charge < -0.3 is 9.47 Å². The Bertz CT molecular complexity index is 946. The lowest BCUT2D eigenvalue weighted by Crippen LogP contribution is -2.42. The monoisotopic (exact) mass is 436 g/mol. The van der Waals surface area contributed by atoms with Crippen LogP contribution in [0.2, 0.25) is 0 Å². The maximum atomic E-state index is 13.5. The van der Waals surface area contributed by atoms with Crippen molar-refractivity contribution in [3.05, 3.63) is 29.3 Å². The number of Topliss-reactive ketones (excluding diaryl/α,β-unsaturated/α-hetero) is 1. The van der Waals surface area contributed by atoms with Crippen molar-refractivity contribution in [2.24, 2.45) is 16.7 Å². The third kappa shape index (κ3) is 4.02. The summed E-state index contributed by atoms with van der Waals surface area (Å²) < 4.78 is 44.6. The molecule has 2 aliphatic carbocycles. The second-order valence-electron chi connectivity index (χ2n) is 8.95. The van der Waals surface area contributed by atoms with Crippen molar-refractivity contribution < 1.29 is 27.2 Å². The summed E-state index contributed by atoms with van der Waals surface area (Å²) in [6, 6.07) is 5.58. The molecule has 6 nitrogen and oxygen atoms in total. The van der Waals surface area contributed by atoms with Gasteiger partial charge in [0.2, 0.25) is 0 Å². The lowest BCUT2D eigenvalue weighted by molar-refractivity contribution is -0.125. The Hall–Kier alpha value is -1.86. The lowest BCUT2D eigenvalue weighted by atomic mass is 9.70. The van der Waals surface area contributed by atoms with Crippen LogP contribution < -0.4 is 9.47 Å². The van der Waals surface area contributed by atoms with Gasteiger partial charge in [-0.05, 0) is 61.3 Å². The van der Waals surface area contributed by atoms with E-state index in [2.05, 4.69) is 0 Å². The van der Waals surface area contributed by atoms with Crippen LogP contribution in [0.25, 0.3) is 6.08 Å². The molecule has 1 aromatic carbocycles. The summed E-state index contributed by atoms with van der Waals surface area (Å²) in [5.41, 5.74) is -0.265. The highest BCUT2D eigenvalue weighted by Crippen LogP contribution is 2.66. The summed E-state index contributed by atoms with van der Waals surface area (Å²) >= 11 is 0. The second-order valence-corrected chi connectivity index (χ2v) is 10.4. The van der Waals surface area contributed by atoms with Crippen LogP contribution in [0.1, 0.15) is 58.9 Å². The van der Waals surface area contributed by atoms with Gasteiger partial charge >= 0.3 is 0 Å². The van der Waals surface area contributed by atoms with Gasteiger partial charge in [-0.1, -0.05) is 27.7 Å². The molecule has 7 heteroatoms. The molecule has 0 spiro atoms. The van der Waals surface area contributed by atoms with E-state index in [0.717, 1.165) is 24.8 Å². The highest BCUT2D eigenvalue weighted by atomic mass is 32.2. The van der Waals surface area contributed by atoms with Crippen molar-refractivity contribution in [3.63, 3.8) is 0 Å². The Morgan fingerprint density at radius 1 is 1.17 bits per heavy atom. The number of hydrogen-bond donors (Lipinski definition) is 1. The number of carbonyl (C=O) groups excluding carboxylic acids is 1. The zero-order valence-corrected chi connectivity index (χ0v) is 19.0. The molecule has 0 saturated heterocycles. The number of fused-ring (bicyclic) bond motifs is 2. The summed E-state index contributed by atoms with van der Waals surface area (Å²) in [7, 11) is -4.28. The van der Waals surface area contributed by atoms with Gasteiger partial charge in [0.15, 0.2) is 5.78 Å². The number of hydrogen-bond acceptors (Lipinski definition) is 5. The van der Waals surface area contributed by atoms with Crippen LogP contribution in [0.15, 0.2) is 23.8 Å². The molecular formula is C23H32O6S. The van der Waals surface area contributed by atoms with Crippen molar-refractivity contribution >= 4 is 22.0 Å². The molecule has 0 aromatic heterocycles. The molecule has 0 radical (unpaired) electrons. The zero-order chi connectivity index (χ0) is 22.2. The maximum absolute atomic E-state index is 13.5. The van der Waals surface area contributed by atoms with E-state index in [-0.39, 0.29) is 11.7 Å². The first-order chi connectivity index (χ1) is 14.1. The standard InChI is InChI=1S/C23H32O6S/c1-5-11-28-17-7-8-20(29-12-6-2)16(13-17)14-18-19-9-10-23(21(18)24,22(19,3)4)15-30(25,26)27/h7-8,13-14,19H,5-6,9-12,15H2,1-4H3,(H,25,26,27). The molecule has 2 unspecified atom stereocenters. The predicted molar refractivity (Wildman–Crippen MR) is 116 cm³/mol. The summed E-state index contributed by atoms with van der Waals surface area (Å²) in [6.07, 6.45) is 4.77. The zero-order valence-electron chi connectivity index (χ0n) is 18.2. The molecule has 1 aromatic rings. The maximum Gasteiger partial charge on any atom is 0.265 e. The van der Waals surface area contributed by atoms with Gasteiger partial charge in [0.05, 0.1) is 24.4 Å². The first-order valence-corrected chi connectivity index (χ1v) is 12.3. The Morgan fingerprint density at radius 2 is 1.83 bits per heavy atom. The van der Waals surface area contributed by atoms with E-state index >= 15 is 0 Å². The van der Waals surface area contributed by atoms with Crippen molar-refractivity contribution in [1.29, 1.82) is 0 Å². The van der Waals surface area contributed by atoms with Gasteiger partial charge in [0, 0.05) is 11.1 Å². The van der Waals surface area contributed by atoms with Gasteiger partial charge in [0.1, 0.15) is 11.5 Å². The van der Waals surface area contributed by atoms with Gasteiger partial charge in [-0.15, -0.1) is 0 Å². The van der Waals surface area contributed by atoms with Crippen molar-refractivity contribution in [3.8, 4) is 11.5 Å². The molecular weight excluding hydrogens is 404 g/mol. The predicted octanol–water partition coefficient (Wildman–Crippen LogP) is 4.54. The first kappa shape index (κ1) is 22.8.